The number of fused-ring (bicyclic) bond motifs is 1. The van der Waals surface area contributed by atoms with Crippen LogP contribution < -0.4 is 10.6 Å². The maximum absolute atomic E-state index is 9.37. The lowest BCUT2D eigenvalue weighted by molar-refractivity contribution is 0.00791. The van der Waals surface area contributed by atoms with Gasteiger partial charge in [-0.15, -0.1) is 0 Å². The van der Waals surface area contributed by atoms with Crippen molar-refractivity contribution in [3.63, 3.8) is 0 Å². The van der Waals surface area contributed by atoms with Gasteiger partial charge in [0.15, 0.2) is 0 Å². The van der Waals surface area contributed by atoms with Crippen LogP contribution in [-0.2, 0) is 11.8 Å². The van der Waals surface area contributed by atoms with Crippen LogP contribution in [0.4, 0.5) is 17.5 Å². The standard InChI is InChI=1S/C23H28N8O/c1-30-15-18(14-25-30)27-23-28-21-7-2-16(13-24)12-20(21)22(29-23)26-17-3-5-19(6-4-17)31-8-10-32-11-9-31/h2,7,12,14-15,17,19H,3-6,8-11H2,1H3,(H2,26,27,28,29)/t17-,19-. The molecule has 2 aromatic heterocycles. The summed E-state index contributed by atoms with van der Waals surface area (Å²) in [6.07, 6.45) is 8.15. The van der Waals surface area contributed by atoms with Crippen LogP contribution in [0.15, 0.2) is 30.6 Å². The molecule has 1 saturated heterocycles. The fourth-order valence-corrected chi connectivity index (χ4v) is 4.70. The molecule has 9 nitrogen and oxygen atoms in total. The second kappa shape index (κ2) is 9.10. The average molecular weight is 433 g/mol. The normalized spacial score (nSPS) is 21.9. The lowest BCUT2D eigenvalue weighted by Crippen LogP contribution is -2.46. The molecule has 0 atom stereocenters. The van der Waals surface area contributed by atoms with Crippen molar-refractivity contribution in [1.29, 1.82) is 5.26 Å². The van der Waals surface area contributed by atoms with Gasteiger partial charge >= 0.3 is 0 Å². The van der Waals surface area contributed by atoms with Crippen molar-refractivity contribution >= 4 is 28.4 Å². The molecule has 2 N–H and O–H groups in total. The number of anilines is 3. The summed E-state index contributed by atoms with van der Waals surface area (Å²) in [5, 5.41) is 21.3. The first-order valence-electron chi connectivity index (χ1n) is 11.2. The number of aromatic nitrogens is 4. The highest BCUT2D eigenvalue weighted by molar-refractivity contribution is 5.91. The summed E-state index contributed by atoms with van der Waals surface area (Å²) in [5.41, 5.74) is 2.24. The van der Waals surface area contributed by atoms with Gasteiger partial charge in [0.2, 0.25) is 5.95 Å². The van der Waals surface area contributed by atoms with Gasteiger partial charge < -0.3 is 15.4 Å². The molecule has 0 unspecified atom stereocenters. The molecular formula is C23H28N8O. The third-order valence-electron chi connectivity index (χ3n) is 6.39. The predicted octanol–water partition coefficient (Wildman–Crippen LogP) is 3.03. The fraction of sp³-hybridized carbons (Fsp3) is 0.478. The zero-order valence-electron chi connectivity index (χ0n) is 18.3. The minimum absolute atomic E-state index is 0.349. The number of nitrogens with zero attached hydrogens (tertiary/aromatic N) is 6. The SMILES string of the molecule is Cn1cc(Nc2nc(N[C@H]3CC[C@H](N4CCOCC4)CC3)c3cc(C#N)ccc3n2)cn1. The van der Waals surface area contributed by atoms with Gasteiger partial charge in [0.25, 0.3) is 0 Å². The molecule has 1 saturated carbocycles. The molecule has 1 aliphatic heterocycles. The van der Waals surface area contributed by atoms with Gasteiger partial charge in [-0.2, -0.15) is 15.3 Å². The van der Waals surface area contributed by atoms with E-state index in [2.05, 4.69) is 31.7 Å². The van der Waals surface area contributed by atoms with Crippen molar-refractivity contribution in [3.8, 4) is 6.07 Å². The first-order valence-corrected chi connectivity index (χ1v) is 11.2. The summed E-state index contributed by atoms with van der Waals surface area (Å²) < 4.78 is 7.23. The Morgan fingerprint density at radius 3 is 2.66 bits per heavy atom. The molecule has 1 aromatic carbocycles. The molecule has 0 amide bonds. The maximum Gasteiger partial charge on any atom is 0.229 e. The quantitative estimate of drug-likeness (QED) is 0.634. The van der Waals surface area contributed by atoms with Gasteiger partial charge in [-0.25, -0.2) is 4.98 Å². The van der Waals surface area contributed by atoms with E-state index in [1.54, 1.807) is 16.9 Å². The van der Waals surface area contributed by atoms with Crippen molar-refractivity contribution in [2.45, 2.75) is 37.8 Å². The van der Waals surface area contributed by atoms with Crippen LogP contribution in [0.5, 0.6) is 0 Å². The van der Waals surface area contributed by atoms with Crippen LogP contribution in [0.2, 0.25) is 0 Å². The Labute approximate surface area is 187 Å². The zero-order chi connectivity index (χ0) is 21.9. The van der Waals surface area contributed by atoms with Crippen molar-refractivity contribution in [2.24, 2.45) is 7.05 Å². The van der Waals surface area contributed by atoms with Gasteiger partial charge in [0, 0.05) is 43.8 Å². The first kappa shape index (κ1) is 20.7. The smallest absolute Gasteiger partial charge is 0.229 e. The Morgan fingerprint density at radius 2 is 1.94 bits per heavy atom. The third-order valence-corrected chi connectivity index (χ3v) is 6.39. The summed E-state index contributed by atoms with van der Waals surface area (Å²) in [6.45, 7) is 3.78. The Morgan fingerprint density at radius 1 is 1.12 bits per heavy atom. The number of benzene rings is 1. The first-order chi connectivity index (χ1) is 15.7. The van der Waals surface area contributed by atoms with Crippen molar-refractivity contribution in [2.75, 3.05) is 36.9 Å². The number of aryl methyl sites for hydroxylation is 1. The maximum atomic E-state index is 9.37. The predicted molar refractivity (Wildman–Crippen MR) is 123 cm³/mol. The third kappa shape index (κ3) is 4.52. The van der Waals surface area contributed by atoms with Gasteiger partial charge in [-0.05, 0) is 43.9 Å². The monoisotopic (exact) mass is 432 g/mol. The zero-order valence-corrected chi connectivity index (χ0v) is 18.3. The number of hydrogen-bond acceptors (Lipinski definition) is 8. The van der Waals surface area contributed by atoms with Gasteiger partial charge in [-0.3, -0.25) is 9.58 Å². The van der Waals surface area contributed by atoms with Crippen molar-refractivity contribution < 1.29 is 4.74 Å². The van der Waals surface area contributed by atoms with Crippen molar-refractivity contribution in [3.05, 3.63) is 36.2 Å². The highest BCUT2D eigenvalue weighted by Gasteiger charge is 2.27. The fourth-order valence-electron chi connectivity index (χ4n) is 4.70. The Hall–Kier alpha value is -3.22. The molecule has 0 bridgehead atoms. The minimum atomic E-state index is 0.349. The van der Waals surface area contributed by atoms with E-state index in [0.717, 1.165) is 61.6 Å². The van der Waals surface area contributed by atoms with E-state index in [-0.39, 0.29) is 0 Å². The van der Waals surface area contributed by atoms with E-state index < -0.39 is 0 Å². The number of hydrogen-bond donors (Lipinski definition) is 2. The molecule has 2 fully saturated rings. The van der Waals surface area contributed by atoms with Crippen LogP contribution in [0, 0.1) is 11.3 Å². The van der Waals surface area contributed by atoms with Gasteiger partial charge in [0.1, 0.15) is 5.82 Å². The molecule has 32 heavy (non-hydrogen) atoms. The number of nitriles is 1. The molecule has 3 heterocycles. The van der Waals surface area contributed by atoms with Gasteiger partial charge in [0.05, 0.1) is 42.2 Å². The van der Waals surface area contributed by atoms with E-state index >= 15 is 0 Å². The highest BCUT2D eigenvalue weighted by atomic mass is 16.5. The lowest BCUT2D eigenvalue weighted by atomic mass is 9.90. The summed E-state index contributed by atoms with van der Waals surface area (Å²) >= 11 is 0. The summed E-state index contributed by atoms with van der Waals surface area (Å²) in [7, 11) is 1.87. The van der Waals surface area contributed by atoms with E-state index in [0.29, 0.717) is 23.6 Å². The summed E-state index contributed by atoms with van der Waals surface area (Å²) in [4.78, 5) is 12.0. The van der Waals surface area contributed by atoms with Crippen LogP contribution in [0.25, 0.3) is 10.9 Å². The largest absolute Gasteiger partial charge is 0.379 e. The average Bonchev–Trinajstić information content (AvgIpc) is 3.24. The Kier molecular flexibility index (Phi) is 5.88. The molecule has 0 spiro atoms. The molecule has 5 rings (SSSR count). The van der Waals surface area contributed by atoms with Crippen LogP contribution >= 0.6 is 0 Å². The van der Waals surface area contributed by atoms with E-state index in [4.69, 9.17) is 9.72 Å². The van der Waals surface area contributed by atoms with Crippen LogP contribution in [-0.4, -0.2) is 63.0 Å². The molecular weight excluding hydrogens is 404 g/mol. The van der Waals surface area contributed by atoms with E-state index in [9.17, 15) is 5.26 Å². The van der Waals surface area contributed by atoms with E-state index in [1.807, 2.05) is 25.4 Å². The Balaban J connectivity index is 1.36. The van der Waals surface area contributed by atoms with Gasteiger partial charge in [-0.1, -0.05) is 0 Å². The highest BCUT2D eigenvalue weighted by Crippen LogP contribution is 2.30. The molecule has 0 radical (unpaired) electrons. The number of nitrogens with one attached hydrogen (secondary N) is 2. The second-order valence-corrected chi connectivity index (χ2v) is 8.57. The van der Waals surface area contributed by atoms with Crippen LogP contribution in [0.3, 0.4) is 0 Å². The molecule has 2 aliphatic rings. The second-order valence-electron chi connectivity index (χ2n) is 8.57. The number of morpholine rings is 1. The van der Waals surface area contributed by atoms with E-state index in [1.165, 1.54) is 12.8 Å². The number of ether oxygens (including phenoxy) is 1. The topological polar surface area (TPSA) is 104 Å². The molecule has 166 valence electrons. The number of rotatable bonds is 5. The molecule has 9 heteroatoms. The minimum Gasteiger partial charge on any atom is -0.379 e. The molecule has 1 aliphatic carbocycles. The summed E-state index contributed by atoms with van der Waals surface area (Å²) in [6, 6.07) is 8.76. The lowest BCUT2D eigenvalue weighted by Gasteiger charge is -2.39. The Bertz CT molecular complexity index is 1120. The summed E-state index contributed by atoms with van der Waals surface area (Å²) in [5.74, 6) is 1.29. The van der Waals surface area contributed by atoms with Crippen LogP contribution in [0.1, 0.15) is 31.2 Å². The molecule has 3 aromatic rings. The van der Waals surface area contributed by atoms with Crippen molar-refractivity contribution in [1.82, 2.24) is 24.6 Å².